The first-order valence-corrected chi connectivity index (χ1v) is 12.8. The number of hydrogen-bond acceptors (Lipinski definition) is 5. The summed E-state index contributed by atoms with van der Waals surface area (Å²) in [5.41, 5.74) is 1.13. The third kappa shape index (κ3) is 4.85. The number of sulfonamides is 1. The van der Waals surface area contributed by atoms with Crippen molar-refractivity contribution in [3.8, 4) is 5.75 Å². The van der Waals surface area contributed by atoms with Crippen molar-refractivity contribution in [1.29, 1.82) is 0 Å². The second-order valence-electron chi connectivity index (χ2n) is 8.66. The number of benzene rings is 2. The molecule has 1 aliphatic rings. The molecule has 0 aliphatic carbocycles. The maximum Gasteiger partial charge on any atom is 0.252 e. The van der Waals surface area contributed by atoms with Crippen LogP contribution in [0.5, 0.6) is 5.75 Å². The van der Waals surface area contributed by atoms with E-state index in [1.165, 1.54) is 16.4 Å². The van der Waals surface area contributed by atoms with Gasteiger partial charge in [-0.25, -0.2) is 13.4 Å². The van der Waals surface area contributed by atoms with Crippen molar-refractivity contribution in [2.75, 3.05) is 20.2 Å². The van der Waals surface area contributed by atoms with E-state index in [0.717, 1.165) is 18.4 Å². The Morgan fingerprint density at radius 1 is 1.12 bits per heavy atom. The van der Waals surface area contributed by atoms with Crippen molar-refractivity contribution < 1.29 is 17.9 Å². The Kier molecular flexibility index (Phi) is 7.04. The molecule has 34 heavy (non-hydrogen) atoms. The molecule has 1 N–H and O–H groups in total. The van der Waals surface area contributed by atoms with Gasteiger partial charge in [0.25, 0.3) is 5.91 Å². The summed E-state index contributed by atoms with van der Waals surface area (Å²) in [5, 5.41) is 3.03. The van der Waals surface area contributed by atoms with Crippen LogP contribution < -0.4 is 10.1 Å². The number of rotatable bonds is 7. The summed E-state index contributed by atoms with van der Waals surface area (Å²) in [5.74, 6) is 1.48. The monoisotopic (exact) mass is 482 g/mol. The van der Waals surface area contributed by atoms with Gasteiger partial charge in [-0.15, -0.1) is 0 Å². The van der Waals surface area contributed by atoms with E-state index in [1.54, 1.807) is 25.4 Å². The van der Waals surface area contributed by atoms with Gasteiger partial charge in [-0.05, 0) is 49.1 Å². The number of methoxy groups -OCH3 is 1. The molecule has 8 nitrogen and oxygen atoms in total. The lowest BCUT2D eigenvalue weighted by molar-refractivity contribution is 0.0940. The smallest absolute Gasteiger partial charge is 0.252 e. The van der Waals surface area contributed by atoms with Crippen LogP contribution in [0.4, 0.5) is 0 Å². The molecule has 1 unspecified atom stereocenters. The van der Waals surface area contributed by atoms with Crippen LogP contribution in [0.15, 0.2) is 65.8 Å². The molecule has 1 fully saturated rings. The van der Waals surface area contributed by atoms with Gasteiger partial charge in [0.1, 0.15) is 17.6 Å². The molecule has 1 amide bonds. The molecule has 0 spiro atoms. The molecule has 1 aromatic heterocycles. The van der Waals surface area contributed by atoms with Crippen LogP contribution in [0.3, 0.4) is 0 Å². The largest absolute Gasteiger partial charge is 0.496 e. The highest BCUT2D eigenvalue weighted by molar-refractivity contribution is 7.89. The number of piperidine rings is 1. The molecule has 1 atom stereocenters. The van der Waals surface area contributed by atoms with E-state index in [0.29, 0.717) is 36.1 Å². The maximum absolute atomic E-state index is 13.2. The Hall–Kier alpha value is -3.17. The van der Waals surface area contributed by atoms with E-state index in [-0.39, 0.29) is 10.8 Å². The molecule has 0 radical (unpaired) electrons. The van der Waals surface area contributed by atoms with Gasteiger partial charge in [0.2, 0.25) is 10.0 Å². The standard InChI is InChI=1S/C25H30N4O4S/c1-18-12-15-29(16-13-18)34(31,32)20-10-8-19(9-11-20)25(30)27-23(24-26-14-17-28(24)2)21-6-4-5-7-22(21)33-3/h4-11,14,17-18,23H,12-13,15-16H2,1-3H3,(H,27,30). The fraction of sp³-hybridized carbons (Fsp3) is 0.360. The molecule has 4 rings (SSSR count). The van der Waals surface area contributed by atoms with Crippen LogP contribution in [-0.2, 0) is 17.1 Å². The lowest BCUT2D eigenvalue weighted by atomic mass is 10.0. The molecule has 3 aromatic rings. The van der Waals surface area contributed by atoms with Gasteiger partial charge in [0, 0.05) is 43.7 Å². The molecular formula is C25H30N4O4S. The van der Waals surface area contributed by atoms with Crippen LogP contribution in [0, 0.1) is 5.92 Å². The van der Waals surface area contributed by atoms with Crippen LogP contribution in [0.1, 0.15) is 47.6 Å². The van der Waals surface area contributed by atoms with Crippen LogP contribution in [0.2, 0.25) is 0 Å². The number of nitrogens with one attached hydrogen (secondary N) is 1. The highest BCUT2D eigenvalue weighted by Crippen LogP contribution is 2.29. The number of carbonyl (C=O) groups excluding carboxylic acids is 1. The fourth-order valence-corrected chi connectivity index (χ4v) is 5.68. The Bertz CT molecular complexity index is 1250. The maximum atomic E-state index is 13.2. The van der Waals surface area contributed by atoms with Crippen molar-refractivity contribution in [3.63, 3.8) is 0 Å². The third-order valence-electron chi connectivity index (χ3n) is 6.34. The minimum absolute atomic E-state index is 0.198. The van der Waals surface area contributed by atoms with Crippen LogP contribution in [0.25, 0.3) is 0 Å². The zero-order chi connectivity index (χ0) is 24.3. The van der Waals surface area contributed by atoms with Crippen LogP contribution in [-0.4, -0.2) is 48.4 Å². The summed E-state index contributed by atoms with van der Waals surface area (Å²) in [4.78, 5) is 17.8. The average Bonchev–Trinajstić information content (AvgIpc) is 3.28. The van der Waals surface area contributed by atoms with E-state index < -0.39 is 16.1 Å². The van der Waals surface area contributed by atoms with Crippen molar-refractivity contribution in [1.82, 2.24) is 19.2 Å². The van der Waals surface area contributed by atoms with Crippen molar-refractivity contribution in [2.45, 2.75) is 30.7 Å². The molecule has 1 aliphatic heterocycles. The molecule has 2 aromatic carbocycles. The Labute approximate surface area is 200 Å². The number of amides is 1. The topological polar surface area (TPSA) is 93.5 Å². The fourth-order valence-electron chi connectivity index (χ4n) is 4.21. The predicted octanol–water partition coefficient (Wildman–Crippen LogP) is 3.37. The van der Waals surface area contributed by atoms with Crippen molar-refractivity contribution in [2.24, 2.45) is 13.0 Å². The van der Waals surface area contributed by atoms with Gasteiger partial charge >= 0.3 is 0 Å². The van der Waals surface area contributed by atoms with Gasteiger partial charge in [0.15, 0.2) is 0 Å². The lowest BCUT2D eigenvalue weighted by Crippen LogP contribution is -2.37. The minimum atomic E-state index is -3.57. The number of ether oxygens (including phenoxy) is 1. The Morgan fingerprint density at radius 2 is 1.79 bits per heavy atom. The molecular weight excluding hydrogens is 452 g/mol. The van der Waals surface area contributed by atoms with Gasteiger partial charge in [-0.3, -0.25) is 4.79 Å². The van der Waals surface area contributed by atoms with E-state index in [1.807, 2.05) is 42.1 Å². The average molecular weight is 483 g/mol. The van der Waals surface area contributed by atoms with E-state index in [2.05, 4.69) is 17.2 Å². The van der Waals surface area contributed by atoms with Crippen molar-refractivity contribution in [3.05, 3.63) is 77.9 Å². The summed E-state index contributed by atoms with van der Waals surface area (Å²) < 4.78 is 34.9. The Balaban J connectivity index is 1.57. The first-order valence-electron chi connectivity index (χ1n) is 11.3. The number of aromatic nitrogens is 2. The number of imidazole rings is 1. The summed E-state index contributed by atoms with van der Waals surface area (Å²) in [6.45, 7) is 3.19. The van der Waals surface area contributed by atoms with Crippen LogP contribution >= 0.6 is 0 Å². The number of aryl methyl sites for hydroxylation is 1. The number of para-hydroxylation sites is 1. The van der Waals surface area contributed by atoms with Gasteiger partial charge < -0.3 is 14.6 Å². The molecule has 2 heterocycles. The van der Waals surface area contributed by atoms with E-state index in [4.69, 9.17) is 4.74 Å². The zero-order valence-corrected chi connectivity index (χ0v) is 20.5. The second kappa shape index (κ2) is 9.99. The van der Waals surface area contributed by atoms with Gasteiger partial charge in [0.05, 0.1) is 12.0 Å². The molecule has 0 saturated carbocycles. The zero-order valence-electron chi connectivity index (χ0n) is 19.6. The summed E-state index contributed by atoms with van der Waals surface area (Å²) >= 11 is 0. The first-order chi connectivity index (χ1) is 16.3. The minimum Gasteiger partial charge on any atom is -0.496 e. The molecule has 180 valence electrons. The number of carbonyl (C=O) groups is 1. The highest BCUT2D eigenvalue weighted by Gasteiger charge is 2.29. The summed E-state index contributed by atoms with van der Waals surface area (Å²) in [6, 6.07) is 13.0. The molecule has 1 saturated heterocycles. The Morgan fingerprint density at radius 3 is 2.41 bits per heavy atom. The normalized spacial score (nSPS) is 16.2. The number of nitrogens with zero attached hydrogens (tertiary/aromatic N) is 3. The summed E-state index contributed by atoms with van der Waals surface area (Å²) in [6.07, 6.45) is 5.20. The lowest BCUT2D eigenvalue weighted by Gasteiger charge is -2.29. The third-order valence-corrected chi connectivity index (χ3v) is 8.25. The highest BCUT2D eigenvalue weighted by atomic mass is 32.2. The second-order valence-corrected chi connectivity index (χ2v) is 10.6. The molecule has 0 bridgehead atoms. The summed E-state index contributed by atoms with van der Waals surface area (Å²) in [7, 11) is -0.132. The molecule has 9 heteroatoms. The predicted molar refractivity (Wildman–Crippen MR) is 129 cm³/mol. The van der Waals surface area contributed by atoms with Gasteiger partial charge in [-0.2, -0.15) is 4.31 Å². The first kappa shape index (κ1) is 24.0. The van der Waals surface area contributed by atoms with Gasteiger partial charge in [-0.1, -0.05) is 25.1 Å². The number of hydrogen-bond donors (Lipinski definition) is 1. The van der Waals surface area contributed by atoms with Crippen molar-refractivity contribution >= 4 is 15.9 Å². The quantitative estimate of drug-likeness (QED) is 0.557. The van der Waals surface area contributed by atoms with E-state index >= 15 is 0 Å². The van der Waals surface area contributed by atoms with E-state index in [9.17, 15) is 13.2 Å². The SMILES string of the molecule is COc1ccccc1C(NC(=O)c1ccc(S(=O)(=O)N2CCC(C)CC2)cc1)c1nccn1C.